The highest BCUT2D eigenvalue weighted by molar-refractivity contribution is 5.79. The second-order valence-electron chi connectivity index (χ2n) is 6.10. The lowest BCUT2D eigenvalue weighted by Crippen LogP contribution is -2.32. The summed E-state index contributed by atoms with van der Waals surface area (Å²) in [5.74, 6) is -0.259. The van der Waals surface area contributed by atoms with Gasteiger partial charge in [0.1, 0.15) is 5.75 Å². The molecule has 1 fully saturated rings. The van der Waals surface area contributed by atoms with Crippen molar-refractivity contribution in [3.8, 4) is 5.75 Å². The zero-order valence-electron chi connectivity index (χ0n) is 12.7. The summed E-state index contributed by atoms with van der Waals surface area (Å²) in [7, 11) is 0. The molecule has 2 rings (SSSR count). The van der Waals surface area contributed by atoms with Gasteiger partial charge in [-0.2, -0.15) is 0 Å². The van der Waals surface area contributed by atoms with E-state index in [1.54, 1.807) is 0 Å². The molecule has 1 aliphatic heterocycles. The van der Waals surface area contributed by atoms with Crippen LogP contribution in [0.2, 0.25) is 0 Å². The minimum absolute atomic E-state index is 0.0154. The lowest BCUT2D eigenvalue weighted by Gasteiger charge is -2.22. The molecule has 1 aromatic rings. The fourth-order valence-electron chi connectivity index (χ4n) is 2.62. The molecular weight excluding hydrogens is 295 g/mol. The third-order valence-electron chi connectivity index (χ3n) is 4.28. The van der Waals surface area contributed by atoms with Crippen LogP contribution < -0.4 is 4.74 Å². The molecule has 0 bridgehead atoms. The number of carbonyl (C=O) groups excluding carboxylic acids is 1. The maximum atomic E-state index is 12.2. The van der Waals surface area contributed by atoms with Crippen LogP contribution in [-0.2, 0) is 11.2 Å². The summed E-state index contributed by atoms with van der Waals surface area (Å²) in [6.45, 7) is 5.78. The average Bonchev–Trinajstić information content (AvgIpc) is 2.83. The van der Waals surface area contributed by atoms with E-state index < -0.39 is 6.36 Å². The van der Waals surface area contributed by atoms with E-state index in [4.69, 9.17) is 0 Å². The lowest BCUT2D eigenvalue weighted by atomic mass is 9.87. The maximum absolute atomic E-state index is 12.2. The van der Waals surface area contributed by atoms with Crippen molar-refractivity contribution in [3.63, 3.8) is 0 Å². The first-order valence-corrected chi connectivity index (χ1v) is 7.33. The van der Waals surface area contributed by atoms with Crippen LogP contribution in [0.4, 0.5) is 13.2 Å². The molecule has 1 unspecified atom stereocenters. The van der Waals surface area contributed by atoms with Crippen molar-refractivity contribution in [2.24, 2.45) is 5.41 Å². The molecule has 22 heavy (non-hydrogen) atoms. The molecule has 1 aliphatic rings. The molecule has 1 heterocycles. The third kappa shape index (κ3) is 4.39. The highest BCUT2D eigenvalue weighted by Crippen LogP contribution is 2.33. The molecule has 0 aromatic heterocycles. The molecule has 0 N–H and O–H groups in total. The molecule has 6 heteroatoms. The van der Waals surface area contributed by atoms with Gasteiger partial charge in [0.25, 0.3) is 0 Å². The van der Waals surface area contributed by atoms with Crippen molar-refractivity contribution in [1.82, 2.24) is 4.90 Å². The van der Waals surface area contributed by atoms with Crippen LogP contribution in [0.25, 0.3) is 0 Å². The Kier molecular flexibility index (Phi) is 4.68. The van der Waals surface area contributed by atoms with E-state index in [0.29, 0.717) is 5.56 Å². The summed E-state index contributed by atoms with van der Waals surface area (Å²) in [6.07, 6.45) is -2.47. The van der Waals surface area contributed by atoms with Gasteiger partial charge in [-0.3, -0.25) is 4.79 Å². The Morgan fingerprint density at radius 3 is 2.45 bits per heavy atom. The second-order valence-corrected chi connectivity index (χ2v) is 6.10. The van der Waals surface area contributed by atoms with Crippen LogP contribution in [0.5, 0.6) is 5.75 Å². The fraction of sp³-hybridized carbons (Fsp3) is 0.562. The monoisotopic (exact) mass is 315 g/mol. The summed E-state index contributed by atoms with van der Waals surface area (Å²) >= 11 is 0. The summed E-state index contributed by atoms with van der Waals surface area (Å²) in [6, 6.07) is 5.45. The zero-order chi connectivity index (χ0) is 16.4. The van der Waals surface area contributed by atoms with Crippen molar-refractivity contribution >= 4 is 5.91 Å². The van der Waals surface area contributed by atoms with E-state index in [9.17, 15) is 18.0 Å². The number of nitrogens with zero attached hydrogens (tertiary/aromatic N) is 1. The van der Waals surface area contributed by atoms with Crippen molar-refractivity contribution in [2.75, 3.05) is 13.1 Å². The minimum atomic E-state index is -4.70. The van der Waals surface area contributed by atoms with E-state index >= 15 is 0 Å². The Morgan fingerprint density at radius 2 is 1.95 bits per heavy atom. The van der Waals surface area contributed by atoms with Gasteiger partial charge in [0.2, 0.25) is 5.91 Å². The first-order valence-electron chi connectivity index (χ1n) is 7.33. The SMILES string of the molecule is CCC1(C)CCN(C(=O)Cc2ccc(OC(F)(F)F)cc2)C1. The Hall–Kier alpha value is -1.72. The normalized spacial score (nSPS) is 22.0. The van der Waals surface area contributed by atoms with Gasteiger partial charge in [0, 0.05) is 13.1 Å². The Balaban J connectivity index is 1.92. The van der Waals surface area contributed by atoms with Crippen molar-refractivity contribution < 1.29 is 22.7 Å². The standard InChI is InChI=1S/C16H20F3NO2/c1-3-15(2)8-9-20(11-15)14(21)10-12-4-6-13(7-5-12)22-16(17,18)19/h4-7H,3,8-11H2,1-2H3. The number of likely N-dealkylation sites (tertiary alicyclic amines) is 1. The van der Waals surface area contributed by atoms with Gasteiger partial charge in [-0.15, -0.1) is 13.2 Å². The predicted molar refractivity (Wildman–Crippen MR) is 76.4 cm³/mol. The van der Waals surface area contributed by atoms with Crippen LogP contribution in [0, 0.1) is 5.41 Å². The molecule has 0 spiro atoms. The number of rotatable bonds is 4. The smallest absolute Gasteiger partial charge is 0.406 e. The number of amides is 1. The molecule has 0 saturated carbocycles. The average molecular weight is 315 g/mol. The van der Waals surface area contributed by atoms with Crippen molar-refractivity contribution in [3.05, 3.63) is 29.8 Å². The van der Waals surface area contributed by atoms with Crippen LogP contribution in [-0.4, -0.2) is 30.3 Å². The number of hydrogen-bond acceptors (Lipinski definition) is 2. The van der Waals surface area contributed by atoms with Crippen LogP contribution in [0.1, 0.15) is 32.3 Å². The van der Waals surface area contributed by atoms with Crippen LogP contribution >= 0.6 is 0 Å². The molecule has 0 aliphatic carbocycles. The molecule has 1 amide bonds. The van der Waals surface area contributed by atoms with Gasteiger partial charge in [-0.25, -0.2) is 0 Å². The first-order chi connectivity index (χ1) is 10.2. The summed E-state index contributed by atoms with van der Waals surface area (Å²) in [5.41, 5.74) is 0.865. The number of carbonyl (C=O) groups is 1. The number of halogens is 3. The molecule has 1 atom stereocenters. The van der Waals surface area contributed by atoms with E-state index in [1.807, 2.05) is 4.90 Å². The van der Waals surface area contributed by atoms with Gasteiger partial charge in [0.15, 0.2) is 0 Å². The Morgan fingerprint density at radius 1 is 1.32 bits per heavy atom. The first kappa shape index (κ1) is 16.6. The largest absolute Gasteiger partial charge is 0.573 e. The number of hydrogen-bond donors (Lipinski definition) is 0. The topological polar surface area (TPSA) is 29.5 Å². The van der Waals surface area contributed by atoms with Gasteiger partial charge in [-0.1, -0.05) is 26.0 Å². The molecule has 0 radical (unpaired) electrons. The molecule has 1 aromatic carbocycles. The van der Waals surface area contributed by atoms with Crippen molar-refractivity contribution in [1.29, 1.82) is 0 Å². The lowest BCUT2D eigenvalue weighted by molar-refractivity contribution is -0.274. The highest BCUT2D eigenvalue weighted by Gasteiger charge is 2.34. The number of benzene rings is 1. The summed E-state index contributed by atoms with van der Waals surface area (Å²) in [5, 5.41) is 0. The maximum Gasteiger partial charge on any atom is 0.573 e. The van der Waals surface area contributed by atoms with E-state index in [1.165, 1.54) is 24.3 Å². The van der Waals surface area contributed by atoms with E-state index in [0.717, 1.165) is 25.9 Å². The third-order valence-corrected chi connectivity index (χ3v) is 4.28. The van der Waals surface area contributed by atoms with Crippen LogP contribution in [0.15, 0.2) is 24.3 Å². The number of ether oxygens (including phenoxy) is 1. The molecule has 122 valence electrons. The predicted octanol–water partition coefficient (Wildman–Crippen LogP) is 3.78. The fourth-order valence-corrected chi connectivity index (χ4v) is 2.62. The van der Waals surface area contributed by atoms with Gasteiger partial charge in [-0.05, 0) is 36.0 Å². The van der Waals surface area contributed by atoms with Gasteiger partial charge < -0.3 is 9.64 Å². The van der Waals surface area contributed by atoms with Gasteiger partial charge in [0.05, 0.1) is 6.42 Å². The molecule has 3 nitrogen and oxygen atoms in total. The second kappa shape index (κ2) is 6.18. The number of alkyl halides is 3. The zero-order valence-corrected chi connectivity index (χ0v) is 12.7. The highest BCUT2D eigenvalue weighted by atomic mass is 19.4. The Labute approximate surface area is 128 Å². The quantitative estimate of drug-likeness (QED) is 0.846. The van der Waals surface area contributed by atoms with Crippen LogP contribution in [0.3, 0.4) is 0 Å². The molecule has 1 saturated heterocycles. The minimum Gasteiger partial charge on any atom is -0.406 e. The molecular formula is C16H20F3NO2. The van der Waals surface area contributed by atoms with E-state index in [-0.39, 0.29) is 23.5 Å². The van der Waals surface area contributed by atoms with Crippen molar-refractivity contribution in [2.45, 2.75) is 39.5 Å². The Bertz CT molecular complexity index is 527. The summed E-state index contributed by atoms with van der Waals surface area (Å²) < 4.78 is 40.0. The van der Waals surface area contributed by atoms with E-state index in [2.05, 4.69) is 18.6 Å². The van der Waals surface area contributed by atoms with Gasteiger partial charge >= 0.3 is 6.36 Å². The summed E-state index contributed by atoms with van der Waals surface area (Å²) in [4.78, 5) is 14.1.